The van der Waals surface area contributed by atoms with Gasteiger partial charge in [-0.2, -0.15) is 5.26 Å². The number of fused-ring (bicyclic) bond motifs is 7. The van der Waals surface area contributed by atoms with Crippen molar-refractivity contribution in [1.29, 1.82) is 5.26 Å². The first-order valence-corrected chi connectivity index (χ1v) is 14.3. The molecule has 0 radical (unpaired) electrons. The van der Waals surface area contributed by atoms with E-state index >= 15 is 4.79 Å². The lowest BCUT2D eigenvalue weighted by atomic mass is 9.68. The molecule has 0 aliphatic carbocycles. The summed E-state index contributed by atoms with van der Waals surface area (Å²) in [5.74, 6) is -0.421. The summed E-state index contributed by atoms with van der Waals surface area (Å²) in [6.07, 6.45) is 1.64. The molecule has 4 N–H and O–H groups in total. The molecule has 2 aromatic heterocycles. The van der Waals surface area contributed by atoms with Crippen LogP contribution in [0.3, 0.4) is 0 Å². The molecule has 0 bridgehead atoms. The highest BCUT2D eigenvalue weighted by Crippen LogP contribution is 2.58. The molecular formula is C34H25N9O2. The molecular weight excluding hydrogens is 566 g/mol. The monoisotopic (exact) mass is 591 g/mol. The highest BCUT2D eigenvalue weighted by Gasteiger charge is 2.60. The first-order valence-electron chi connectivity index (χ1n) is 14.3. The van der Waals surface area contributed by atoms with Gasteiger partial charge in [-0.3, -0.25) is 4.79 Å². The lowest BCUT2D eigenvalue weighted by Crippen LogP contribution is -2.46. The third-order valence-corrected chi connectivity index (χ3v) is 8.49. The van der Waals surface area contributed by atoms with Crippen molar-refractivity contribution >= 4 is 39.3 Å². The zero-order valence-electron chi connectivity index (χ0n) is 24.3. The van der Waals surface area contributed by atoms with Crippen molar-refractivity contribution in [2.75, 3.05) is 10.6 Å². The van der Waals surface area contributed by atoms with E-state index in [2.05, 4.69) is 22.4 Å². The maximum absolute atomic E-state index is 15.2. The molecule has 6 aromatic rings. The fourth-order valence-electron chi connectivity index (χ4n) is 6.74. The highest BCUT2D eigenvalue weighted by molar-refractivity contribution is 6.16. The third-order valence-electron chi connectivity index (χ3n) is 8.49. The summed E-state index contributed by atoms with van der Waals surface area (Å²) in [7, 11) is 0. The van der Waals surface area contributed by atoms with Crippen molar-refractivity contribution in [3.63, 3.8) is 0 Å². The average Bonchev–Trinajstić information content (AvgIpc) is 3.58. The topological polar surface area (TPSA) is 162 Å². The van der Waals surface area contributed by atoms with Crippen LogP contribution < -0.4 is 21.1 Å². The van der Waals surface area contributed by atoms with Crippen LogP contribution in [0.25, 0.3) is 27.8 Å². The Morgan fingerprint density at radius 3 is 2.40 bits per heavy atom. The highest BCUT2D eigenvalue weighted by atomic mass is 16.5. The van der Waals surface area contributed by atoms with Crippen LogP contribution in [0, 0.1) is 25.2 Å². The molecule has 11 heteroatoms. The third kappa shape index (κ3) is 3.59. The second kappa shape index (κ2) is 9.36. The van der Waals surface area contributed by atoms with Crippen LogP contribution in [0.2, 0.25) is 0 Å². The summed E-state index contributed by atoms with van der Waals surface area (Å²) in [6, 6.07) is 24.8. The maximum atomic E-state index is 15.2. The molecule has 0 fully saturated rings. The fourth-order valence-corrected chi connectivity index (χ4v) is 6.74. The summed E-state index contributed by atoms with van der Waals surface area (Å²) in [6.45, 7) is 4.14. The Morgan fingerprint density at radius 2 is 1.64 bits per heavy atom. The lowest BCUT2D eigenvalue weighted by molar-refractivity contribution is -0.121. The van der Waals surface area contributed by atoms with Gasteiger partial charge in [-0.15, -0.1) is 5.10 Å². The molecule has 45 heavy (non-hydrogen) atoms. The Hall–Kier alpha value is -6.28. The van der Waals surface area contributed by atoms with Crippen molar-refractivity contribution in [1.82, 2.24) is 25.0 Å². The van der Waals surface area contributed by atoms with E-state index in [1.807, 2.05) is 74.5 Å². The number of nitrogen functional groups attached to an aromatic ring is 1. The standard InChI is InChI=1S/C34H25N9O2/c1-18-11-19(2)13-20(12-18)43-21(16-38-41-43)17-42-28-10-6-3-7-22(28)34(33(42)44)23(15-35)32(37)45-31-24(36)14-27-30(29(31)34)40-26-9-5-4-8-25(26)39-27/h3-14,16H,17,36-37H2,1-2H3. The number of benzene rings is 4. The summed E-state index contributed by atoms with van der Waals surface area (Å²) in [5, 5.41) is 19.2. The number of aromatic nitrogens is 5. The predicted octanol–water partition coefficient (Wildman–Crippen LogP) is 4.48. The van der Waals surface area contributed by atoms with Crippen molar-refractivity contribution in [2.45, 2.75) is 25.8 Å². The molecule has 11 nitrogen and oxygen atoms in total. The Bertz CT molecular complexity index is 2310. The number of nitrogens with two attached hydrogens (primary N) is 2. The SMILES string of the molecule is Cc1cc(C)cc(-n2nncc2CN2C(=O)C3(C(C#N)=C(N)Oc4c(N)cc5nc6ccccc6nc5c43)c3ccccc32)c1. The van der Waals surface area contributed by atoms with E-state index in [9.17, 15) is 5.26 Å². The van der Waals surface area contributed by atoms with Gasteiger partial charge in [0, 0.05) is 11.3 Å². The second-order valence-electron chi connectivity index (χ2n) is 11.3. The number of nitriles is 1. The molecule has 1 amide bonds. The van der Waals surface area contributed by atoms with E-state index in [0.29, 0.717) is 44.6 Å². The van der Waals surface area contributed by atoms with Crippen molar-refractivity contribution in [3.05, 3.63) is 118 Å². The summed E-state index contributed by atoms with van der Waals surface area (Å²) in [4.78, 5) is 26.6. The summed E-state index contributed by atoms with van der Waals surface area (Å²) in [5.41, 5.74) is 18.8. The first kappa shape index (κ1) is 26.4. The number of rotatable bonds is 3. The number of amides is 1. The van der Waals surface area contributed by atoms with Gasteiger partial charge in [0.25, 0.3) is 0 Å². The number of ether oxygens (including phenoxy) is 1. The van der Waals surface area contributed by atoms with Gasteiger partial charge in [0.2, 0.25) is 11.8 Å². The van der Waals surface area contributed by atoms with Crippen LogP contribution in [-0.2, 0) is 16.8 Å². The Balaban J connectivity index is 1.40. The van der Waals surface area contributed by atoms with E-state index in [1.54, 1.807) is 21.8 Å². The molecule has 0 saturated heterocycles. The van der Waals surface area contributed by atoms with Gasteiger partial charge in [-0.05, 0) is 61.4 Å². The van der Waals surface area contributed by atoms with Gasteiger partial charge >= 0.3 is 0 Å². The number of para-hydroxylation sites is 3. The Morgan fingerprint density at radius 1 is 0.933 bits per heavy atom. The summed E-state index contributed by atoms with van der Waals surface area (Å²) < 4.78 is 7.75. The minimum Gasteiger partial charge on any atom is -0.438 e. The van der Waals surface area contributed by atoms with Gasteiger partial charge in [0.15, 0.2) is 5.75 Å². The Labute approximate surface area is 257 Å². The van der Waals surface area contributed by atoms with E-state index in [-0.39, 0.29) is 29.4 Å². The Kier molecular flexibility index (Phi) is 5.48. The second-order valence-corrected chi connectivity index (χ2v) is 11.3. The number of hydrogen-bond acceptors (Lipinski definition) is 9. The quantitative estimate of drug-likeness (QED) is 0.223. The van der Waals surface area contributed by atoms with E-state index < -0.39 is 11.3 Å². The predicted molar refractivity (Wildman–Crippen MR) is 168 cm³/mol. The fraction of sp³-hybridized carbons (Fsp3) is 0.118. The normalized spacial score (nSPS) is 17.1. The number of carbonyl (C=O) groups is 1. The molecule has 1 atom stereocenters. The molecule has 8 rings (SSSR count). The van der Waals surface area contributed by atoms with Crippen LogP contribution in [0.1, 0.15) is 27.9 Å². The molecule has 4 aromatic carbocycles. The smallest absolute Gasteiger partial charge is 0.248 e. The zero-order chi connectivity index (χ0) is 31.0. The number of nitrogens with zero attached hydrogens (tertiary/aromatic N) is 7. The molecule has 218 valence electrons. The van der Waals surface area contributed by atoms with Crippen molar-refractivity contribution < 1.29 is 9.53 Å². The summed E-state index contributed by atoms with van der Waals surface area (Å²) >= 11 is 0. The number of hydrogen-bond donors (Lipinski definition) is 2. The number of anilines is 2. The van der Waals surface area contributed by atoms with Crippen LogP contribution in [-0.4, -0.2) is 30.9 Å². The first-order chi connectivity index (χ1) is 21.8. The van der Waals surface area contributed by atoms with Gasteiger partial charge in [0.1, 0.15) is 17.1 Å². The van der Waals surface area contributed by atoms with E-state index in [4.69, 9.17) is 26.2 Å². The number of aryl methyl sites for hydroxylation is 2. The van der Waals surface area contributed by atoms with E-state index in [0.717, 1.165) is 16.8 Å². The largest absolute Gasteiger partial charge is 0.438 e. The van der Waals surface area contributed by atoms with Gasteiger partial charge < -0.3 is 21.1 Å². The van der Waals surface area contributed by atoms with Crippen molar-refractivity contribution in [2.24, 2.45) is 5.73 Å². The van der Waals surface area contributed by atoms with Crippen LogP contribution in [0.15, 0.2) is 90.4 Å². The molecule has 1 spiro atoms. The van der Waals surface area contributed by atoms with Crippen molar-refractivity contribution in [3.8, 4) is 17.5 Å². The molecule has 2 aliphatic heterocycles. The van der Waals surface area contributed by atoms with E-state index in [1.165, 1.54) is 0 Å². The van der Waals surface area contributed by atoms with Gasteiger partial charge in [-0.25, -0.2) is 14.6 Å². The maximum Gasteiger partial charge on any atom is 0.248 e. The molecule has 4 heterocycles. The molecule has 2 aliphatic rings. The van der Waals surface area contributed by atoms with Gasteiger partial charge in [-0.1, -0.05) is 41.6 Å². The zero-order valence-corrected chi connectivity index (χ0v) is 24.3. The minimum absolute atomic E-state index is 0.0437. The van der Waals surface area contributed by atoms with Crippen LogP contribution in [0.4, 0.5) is 11.4 Å². The lowest BCUT2D eigenvalue weighted by Gasteiger charge is -2.35. The molecule has 1 unspecified atom stereocenters. The van der Waals surface area contributed by atoms with Crippen LogP contribution >= 0.6 is 0 Å². The number of carbonyl (C=O) groups excluding carboxylic acids is 1. The van der Waals surface area contributed by atoms with Crippen LogP contribution in [0.5, 0.6) is 5.75 Å². The van der Waals surface area contributed by atoms with Gasteiger partial charge in [0.05, 0.1) is 57.4 Å². The molecule has 0 saturated carbocycles. The minimum atomic E-state index is -1.70. The average molecular weight is 592 g/mol.